The Balaban J connectivity index is 2.09. The molecule has 0 spiro atoms. The molecular formula is C22H27NO4. The van der Waals surface area contributed by atoms with E-state index in [0.29, 0.717) is 30.0 Å². The van der Waals surface area contributed by atoms with Gasteiger partial charge in [-0.15, -0.1) is 0 Å². The van der Waals surface area contributed by atoms with Crippen LogP contribution in [-0.4, -0.2) is 31.2 Å². The highest BCUT2D eigenvalue weighted by Crippen LogP contribution is 2.45. The lowest BCUT2D eigenvalue weighted by molar-refractivity contribution is -0.139. The first-order chi connectivity index (χ1) is 13.1. The van der Waals surface area contributed by atoms with Crippen LogP contribution in [-0.2, 0) is 14.3 Å². The second-order valence-corrected chi connectivity index (χ2v) is 7.11. The Labute approximate surface area is 160 Å². The molecule has 144 valence electrons. The number of hydrogen-bond acceptors (Lipinski definition) is 5. The van der Waals surface area contributed by atoms with Gasteiger partial charge in [0.2, 0.25) is 0 Å². The van der Waals surface area contributed by atoms with Crippen LogP contribution in [0.2, 0.25) is 0 Å². The fourth-order valence-corrected chi connectivity index (χ4v) is 4.03. The Bertz CT molecular complexity index is 793. The van der Waals surface area contributed by atoms with E-state index in [1.54, 1.807) is 7.11 Å². The molecule has 5 heteroatoms. The molecule has 1 aromatic carbocycles. The number of nitrogens with zero attached hydrogens (tertiary/aromatic N) is 1. The van der Waals surface area contributed by atoms with E-state index in [2.05, 4.69) is 4.99 Å². The molecule has 5 nitrogen and oxygen atoms in total. The van der Waals surface area contributed by atoms with Crippen molar-refractivity contribution in [2.45, 2.75) is 51.9 Å². The first-order valence-electron chi connectivity index (χ1n) is 9.69. The molecule has 1 aromatic rings. The van der Waals surface area contributed by atoms with E-state index in [1.165, 1.54) is 0 Å². The first-order valence-corrected chi connectivity index (χ1v) is 9.69. The maximum Gasteiger partial charge on any atom is 0.336 e. The zero-order chi connectivity index (χ0) is 19.4. The standard InChI is InChI=1S/C22H27NO4/c1-4-5-13-27-22(25)19-14(2)23-16-10-8-11-17(24)21(16)20(19)15-9-6-7-12-18(15)26-3/h6-7,9,12,20-21H,4-5,8,10-11,13H2,1-3H3. The summed E-state index contributed by atoms with van der Waals surface area (Å²) in [5.41, 5.74) is 2.85. The Morgan fingerprint density at radius 3 is 2.74 bits per heavy atom. The molecule has 0 amide bonds. The van der Waals surface area contributed by atoms with Crippen LogP contribution in [0.3, 0.4) is 0 Å². The molecule has 2 aliphatic rings. The number of benzene rings is 1. The van der Waals surface area contributed by atoms with Crippen LogP contribution in [0.25, 0.3) is 0 Å². The lowest BCUT2D eigenvalue weighted by Crippen LogP contribution is -2.39. The Morgan fingerprint density at radius 2 is 2.00 bits per heavy atom. The molecule has 1 aliphatic carbocycles. The van der Waals surface area contributed by atoms with Gasteiger partial charge in [0.05, 0.1) is 25.2 Å². The Hall–Kier alpha value is -2.43. The maximum absolute atomic E-state index is 12.9. The van der Waals surface area contributed by atoms with Crippen molar-refractivity contribution in [3.8, 4) is 5.75 Å². The van der Waals surface area contributed by atoms with Crippen molar-refractivity contribution in [1.29, 1.82) is 0 Å². The number of rotatable bonds is 6. The summed E-state index contributed by atoms with van der Waals surface area (Å²) in [5.74, 6) is -0.378. The van der Waals surface area contributed by atoms with Gasteiger partial charge in [-0.2, -0.15) is 0 Å². The second-order valence-electron chi connectivity index (χ2n) is 7.11. The minimum absolute atomic E-state index is 0.141. The average molecular weight is 369 g/mol. The summed E-state index contributed by atoms with van der Waals surface area (Å²) in [6.45, 7) is 4.26. The number of Topliss-reactive ketones (excluding diaryl/α,β-unsaturated/α-hetero) is 1. The van der Waals surface area contributed by atoms with Crippen molar-refractivity contribution in [2.24, 2.45) is 10.9 Å². The third-order valence-electron chi connectivity index (χ3n) is 5.33. The van der Waals surface area contributed by atoms with Crippen molar-refractivity contribution in [2.75, 3.05) is 13.7 Å². The molecule has 2 unspecified atom stereocenters. The van der Waals surface area contributed by atoms with Crippen LogP contribution < -0.4 is 4.74 Å². The zero-order valence-electron chi connectivity index (χ0n) is 16.3. The van der Waals surface area contributed by atoms with E-state index in [4.69, 9.17) is 9.47 Å². The Morgan fingerprint density at radius 1 is 1.22 bits per heavy atom. The third-order valence-corrected chi connectivity index (χ3v) is 5.33. The minimum Gasteiger partial charge on any atom is -0.496 e. The fraction of sp³-hybridized carbons (Fsp3) is 0.500. The molecule has 1 fully saturated rings. The van der Waals surface area contributed by atoms with Crippen molar-refractivity contribution >= 4 is 17.5 Å². The summed E-state index contributed by atoms with van der Waals surface area (Å²) >= 11 is 0. The number of carbonyl (C=O) groups is 2. The van der Waals surface area contributed by atoms with Gasteiger partial charge in [-0.3, -0.25) is 9.79 Å². The van der Waals surface area contributed by atoms with Crippen LogP contribution in [0.1, 0.15) is 57.4 Å². The van der Waals surface area contributed by atoms with Crippen molar-refractivity contribution in [3.63, 3.8) is 0 Å². The van der Waals surface area contributed by atoms with E-state index in [1.807, 2.05) is 38.1 Å². The number of ether oxygens (including phenoxy) is 2. The van der Waals surface area contributed by atoms with E-state index < -0.39 is 11.8 Å². The quantitative estimate of drug-likeness (QED) is 0.556. The van der Waals surface area contributed by atoms with Crippen molar-refractivity contribution in [3.05, 3.63) is 41.1 Å². The smallest absolute Gasteiger partial charge is 0.336 e. The molecule has 0 bridgehead atoms. The van der Waals surface area contributed by atoms with E-state index in [0.717, 1.165) is 37.0 Å². The van der Waals surface area contributed by atoms with E-state index >= 15 is 0 Å². The molecule has 27 heavy (non-hydrogen) atoms. The van der Waals surface area contributed by atoms with Crippen LogP contribution in [0.4, 0.5) is 0 Å². The number of para-hydroxylation sites is 1. The van der Waals surface area contributed by atoms with Gasteiger partial charge in [0.1, 0.15) is 11.5 Å². The number of fused-ring (bicyclic) bond motifs is 1. The topological polar surface area (TPSA) is 65.0 Å². The lowest BCUT2D eigenvalue weighted by atomic mass is 9.69. The van der Waals surface area contributed by atoms with Crippen molar-refractivity contribution < 1.29 is 19.1 Å². The largest absolute Gasteiger partial charge is 0.496 e. The van der Waals surface area contributed by atoms with Gasteiger partial charge >= 0.3 is 5.97 Å². The molecule has 1 aliphatic heterocycles. The van der Waals surface area contributed by atoms with Gasteiger partial charge in [-0.05, 0) is 32.3 Å². The number of aliphatic imine (C=N–C) groups is 1. The number of hydrogen-bond donors (Lipinski definition) is 0. The highest BCUT2D eigenvalue weighted by Gasteiger charge is 2.44. The summed E-state index contributed by atoms with van der Waals surface area (Å²) in [6, 6.07) is 7.59. The van der Waals surface area contributed by atoms with Crippen molar-refractivity contribution in [1.82, 2.24) is 0 Å². The number of methoxy groups -OCH3 is 1. The normalized spacial score (nSPS) is 22.2. The number of carbonyl (C=O) groups excluding carboxylic acids is 2. The maximum atomic E-state index is 12.9. The molecule has 0 aromatic heterocycles. The van der Waals surface area contributed by atoms with Gasteiger partial charge < -0.3 is 9.47 Å². The molecular weight excluding hydrogens is 342 g/mol. The molecule has 0 N–H and O–H groups in total. The summed E-state index contributed by atoms with van der Waals surface area (Å²) in [7, 11) is 1.61. The monoisotopic (exact) mass is 369 g/mol. The number of allylic oxidation sites excluding steroid dienone is 1. The summed E-state index contributed by atoms with van der Waals surface area (Å²) in [5, 5.41) is 0. The summed E-state index contributed by atoms with van der Waals surface area (Å²) in [6.07, 6.45) is 3.89. The van der Waals surface area contributed by atoms with Gasteiger partial charge in [0.15, 0.2) is 0 Å². The number of ketones is 1. The molecule has 0 saturated heterocycles. The highest BCUT2D eigenvalue weighted by atomic mass is 16.5. The number of esters is 1. The summed E-state index contributed by atoms with van der Waals surface area (Å²) < 4.78 is 11.1. The zero-order valence-corrected chi connectivity index (χ0v) is 16.3. The molecule has 2 atom stereocenters. The van der Waals surface area contributed by atoms with E-state index in [-0.39, 0.29) is 11.8 Å². The van der Waals surface area contributed by atoms with Gasteiger partial charge in [0.25, 0.3) is 0 Å². The predicted octanol–water partition coefficient (Wildman–Crippen LogP) is 4.22. The highest BCUT2D eigenvalue weighted by molar-refractivity contribution is 6.11. The third kappa shape index (κ3) is 3.82. The second kappa shape index (κ2) is 8.51. The molecule has 1 saturated carbocycles. The Kier molecular flexibility index (Phi) is 6.09. The predicted molar refractivity (Wildman–Crippen MR) is 104 cm³/mol. The first kappa shape index (κ1) is 19.3. The lowest BCUT2D eigenvalue weighted by Gasteiger charge is -2.36. The van der Waals surface area contributed by atoms with E-state index in [9.17, 15) is 9.59 Å². The SMILES string of the molecule is CCCCOC(=O)C1=C(C)N=C2CCCC(=O)C2C1c1ccccc1OC. The fourth-order valence-electron chi connectivity index (χ4n) is 4.03. The average Bonchev–Trinajstić information content (AvgIpc) is 2.67. The number of unbranched alkanes of at least 4 members (excludes halogenated alkanes) is 1. The van der Waals surface area contributed by atoms with Crippen LogP contribution in [0, 0.1) is 5.92 Å². The van der Waals surface area contributed by atoms with Gasteiger partial charge in [-0.25, -0.2) is 4.79 Å². The molecule has 0 radical (unpaired) electrons. The van der Waals surface area contributed by atoms with Gasteiger partial charge in [0, 0.05) is 29.3 Å². The summed E-state index contributed by atoms with van der Waals surface area (Å²) in [4.78, 5) is 30.4. The molecule has 3 rings (SSSR count). The van der Waals surface area contributed by atoms with Crippen LogP contribution >= 0.6 is 0 Å². The van der Waals surface area contributed by atoms with Gasteiger partial charge in [-0.1, -0.05) is 31.5 Å². The van der Waals surface area contributed by atoms with Crippen LogP contribution in [0.5, 0.6) is 5.75 Å². The molecule has 1 heterocycles. The van der Waals surface area contributed by atoms with Crippen LogP contribution in [0.15, 0.2) is 40.5 Å². The minimum atomic E-state index is -0.410.